The van der Waals surface area contributed by atoms with E-state index in [-0.39, 0.29) is 25.1 Å². The fourth-order valence-corrected chi connectivity index (χ4v) is 2.53. The van der Waals surface area contributed by atoms with Crippen molar-refractivity contribution < 1.29 is 19.1 Å². The number of hydrogen-bond acceptors (Lipinski definition) is 7. The molecule has 0 unspecified atom stereocenters. The van der Waals surface area contributed by atoms with Gasteiger partial charge in [0.15, 0.2) is 5.65 Å². The Bertz CT molecular complexity index is 1040. The first-order valence-electron chi connectivity index (χ1n) is 8.19. The van der Waals surface area contributed by atoms with E-state index in [0.29, 0.717) is 16.6 Å². The van der Waals surface area contributed by atoms with Gasteiger partial charge in [0.05, 0.1) is 31.6 Å². The van der Waals surface area contributed by atoms with E-state index in [1.165, 1.54) is 28.9 Å². The van der Waals surface area contributed by atoms with E-state index in [4.69, 9.17) is 4.74 Å². The van der Waals surface area contributed by atoms with Crippen molar-refractivity contribution in [1.29, 1.82) is 0 Å². The van der Waals surface area contributed by atoms with Crippen molar-refractivity contribution in [2.24, 2.45) is 7.05 Å². The van der Waals surface area contributed by atoms with Crippen LogP contribution in [0.2, 0.25) is 0 Å². The van der Waals surface area contributed by atoms with Gasteiger partial charge in [-0.25, -0.2) is 9.78 Å². The Kier molecular flexibility index (Phi) is 5.30. The summed E-state index contributed by atoms with van der Waals surface area (Å²) in [5.74, 6) is -0.867. The SMILES string of the molecule is COC(=O)c1ccc(COC(=O)CCn2cnc3c(cnn3C)c2=O)cc1. The normalized spacial score (nSPS) is 10.7. The van der Waals surface area contributed by atoms with Gasteiger partial charge in [0.1, 0.15) is 12.0 Å². The molecule has 1 aromatic carbocycles. The maximum atomic E-state index is 12.3. The fourth-order valence-electron chi connectivity index (χ4n) is 2.53. The molecule has 0 aliphatic carbocycles. The number of fused-ring (bicyclic) bond motifs is 1. The van der Waals surface area contributed by atoms with E-state index in [1.54, 1.807) is 31.3 Å². The first kappa shape index (κ1) is 18.3. The summed E-state index contributed by atoms with van der Waals surface area (Å²) in [7, 11) is 3.01. The van der Waals surface area contributed by atoms with Crippen LogP contribution in [0.1, 0.15) is 22.3 Å². The van der Waals surface area contributed by atoms with Gasteiger partial charge in [0.2, 0.25) is 0 Å². The molecular weight excluding hydrogens is 352 g/mol. The maximum Gasteiger partial charge on any atom is 0.337 e. The zero-order valence-corrected chi connectivity index (χ0v) is 14.9. The second-order valence-corrected chi connectivity index (χ2v) is 5.85. The molecule has 0 saturated heterocycles. The predicted molar refractivity (Wildman–Crippen MR) is 95.0 cm³/mol. The molecule has 0 N–H and O–H groups in total. The van der Waals surface area contributed by atoms with Crippen LogP contribution in [0, 0.1) is 0 Å². The Morgan fingerprint density at radius 1 is 1.19 bits per heavy atom. The molecule has 9 nitrogen and oxygen atoms in total. The van der Waals surface area contributed by atoms with Gasteiger partial charge in [-0.05, 0) is 17.7 Å². The van der Waals surface area contributed by atoms with Crippen molar-refractivity contribution in [3.05, 3.63) is 58.3 Å². The molecule has 140 valence electrons. The van der Waals surface area contributed by atoms with Crippen molar-refractivity contribution in [1.82, 2.24) is 19.3 Å². The molecule has 2 aromatic heterocycles. The number of aryl methyl sites for hydroxylation is 2. The number of aromatic nitrogens is 4. The Morgan fingerprint density at radius 2 is 1.93 bits per heavy atom. The Balaban J connectivity index is 1.55. The molecule has 0 atom stereocenters. The zero-order chi connectivity index (χ0) is 19.4. The van der Waals surface area contributed by atoms with Crippen molar-refractivity contribution >= 4 is 23.0 Å². The second-order valence-electron chi connectivity index (χ2n) is 5.85. The summed E-state index contributed by atoms with van der Waals surface area (Å²) in [5, 5.41) is 4.40. The number of carbonyl (C=O) groups excluding carboxylic acids is 2. The van der Waals surface area contributed by atoms with Gasteiger partial charge in [0.25, 0.3) is 5.56 Å². The summed E-state index contributed by atoms with van der Waals surface area (Å²) >= 11 is 0. The van der Waals surface area contributed by atoms with Gasteiger partial charge in [0, 0.05) is 13.6 Å². The smallest absolute Gasteiger partial charge is 0.337 e. The number of carbonyl (C=O) groups is 2. The first-order valence-corrected chi connectivity index (χ1v) is 8.19. The molecule has 0 radical (unpaired) electrons. The van der Waals surface area contributed by atoms with E-state index < -0.39 is 11.9 Å². The van der Waals surface area contributed by atoms with Gasteiger partial charge >= 0.3 is 11.9 Å². The fraction of sp³-hybridized carbons (Fsp3) is 0.278. The summed E-state index contributed by atoms with van der Waals surface area (Å²) in [4.78, 5) is 39.8. The Morgan fingerprint density at radius 3 is 2.63 bits per heavy atom. The summed E-state index contributed by atoms with van der Waals surface area (Å²) in [5.41, 5.74) is 1.41. The molecule has 27 heavy (non-hydrogen) atoms. The summed E-state index contributed by atoms with van der Waals surface area (Å²) in [6.07, 6.45) is 2.89. The van der Waals surface area contributed by atoms with Gasteiger partial charge in [-0.2, -0.15) is 5.10 Å². The number of benzene rings is 1. The topological polar surface area (TPSA) is 105 Å². The van der Waals surface area contributed by atoms with E-state index >= 15 is 0 Å². The van der Waals surface area contributed by atoms with E-state index in [1.807, 2.05) is 0 Å². The largest absolute Gasteiger partial charge is 0.465 e. The standard InChI is InChI=1S/C18H18N4O5/c1-21-16-14(9-20-21)17(24)22(11-19-16)8-7-15(23)27-10-12-3-5-13(6-4-12)18(25)26-2/h3-6,9,11H,7-8,10H2,1-2H3. The highest BCUT2D eigenvalue weighted by Gasteiger charge is 2.10. The van der Waals surface area contributed by atoms with Crippen LogP contribution < -0.4 is 5.56 Å². The summed E-state index contributed by atoms with van der Waals surface area (Å²) < 4.78 is 12.7. The molecule has 0 fully saturated rings. The molecule has 3 aromatic rings. The van der Waals surface area contributed by atoms with E-state index in [9.17, 15) is 14.4 Å². The van der Waals surface area contributed by atoms with Gasteiger partial charge in [-0.3, -0.25) is 18.8 Å². The lowest BCUT2D eigenvalue weighted by atomic mass is 10.1. The zero-order valence-electron chi connectivity index (χ0n) is 14.9. The highest BCUT2D eigenvalue weighted by Crippen LogP contribution is 2.08. The third kappa shape index (κ3) is 4.02. The maximum absolute atomic E-state index is 12.3. The van der Waals surface area contributed by atoms with Crippen LogP contribution in [0.5, 0.6) is 0 Å². The molecule has 0 aliphatic rings. The third-order valence-electron chi connectivity index (χ3n) is 4.05. The van der Waals surface area contributed by atoms with Crippen LogP contribution in [0.4, 0.5) is 0 Å². The van der Waals surface area contributed by atoms with Crippen LogP contribution in [-0.4, -0.2) is 38.4 Å². The van der Waals surface area contributed by atoms with Crippen LogP contribution >= 0.6 is 0 Å². The average Bonchev–Trinajstić information content (AvgIpc) is 3.07. The number of ether oxygens (including phenoxy) is 2. The lowest BCUT2D eigenvalue weighted by Crippen LogP contribution is -2.22. The number of rotatable bonds is 6. The Hall–Kier alpha value is -3.49. The molecule has 0 spiro atoms. The van der Waals surface area contributed by atoms with Gasteiger partial charge in [-0.15, -0.1) is 0 Å². The van der Waals surface area contributed by atoms with E-state index in [0.717, 1.165) is 5.56 Å². The highest BCUT2D eigenvalue weighted by molar-refractivity contribution is 5.89. The summed E-state index contributed by atoms with van der Waals surface area (Å²) in [6, 6.07) is 6.57. The molecule has 3 rings (SSSR count). The number of hydrogen-bond donors (Lipinski definition) is 0. The molecule has 9 heteroatoms. The van der Waals surface area contributed by atoms with Crippen molar-refractivity contribution in [2.45, 2.75) is 19.6 Å². The number of methoxy groups -OCH3 is 1. The van der Waals surface area contributed by atoms with Gasteiger partial charge < -0.3 is 9.47 Å². The monoisotopic (exact) mass is 370 g/mol. The highest BCUT2D eigenvalue weighted by atomic mass is 16.5. The molecule has 0 bridgehead atoms. The molecule has 0 saturated carbocycles. The van der Waals surface area contributed by atoms with Crippen LogP contribution in [0.25, 0.3) is 11.0 Å². The van der Waals surface area contributed by atoms with Crippen LogP contribution in [0.15, 0.2) is 41.6 Å². The number of esters is 2. The van der Waals surface area contributed by atoms with Crippen molar-refractivity contribution in [3.8, 4) is 0 Å². The lowest BCUT2D eigenvalue weighted by Gasteiger charge is -2.07. The first-order chi connectivity index (χ1) is 13.0. The quantitative estimate of drug-likeness (QED) is 0.597. The van der Waals surface area contributed by atoms with E-state index in [2.05, 4.69) is 14.8 Å². The van der Waals surface area contributed by atoms with Crippen LogP contribution in [-0.2, 0) is 34.5 Å². The minimum Gasteiger partial charge on any atom is -0.465 e. The average molecular weight is 370 g/mol. The van der Waals surface area contributed by atoms with Crippen molar-refractivity contribution in [2.75, 3.05) is 7.11 Å². The number of nitrogens with zero attached hydrogens (tertiary/aromatic N) is 4. The molecule has 2 heterocycles. The Labute approximate surface area is 154 Å². The summed E-state index contributed by atoms with van der Waals surface area (Å²) in [6.45, 7) is 0.242. The third-order valence-corrected chi connectivity index (χ3v) is 4.05. The predicted octanol–water partition coefficient (Wildman–Crippen LogP) is 1.05. The van der Waals surface area contributed by atoms with Gasteiger partial charge in [-0.1, -0.05) is 12.1 Å². The molecular formula is C18H18N4O5. The molecule has 0 amide bonds. The molecule has 0 aliphatic heterocycles. The minimum absolute atomic E-state index is 0.0353. The minimum atomic E-state index is -0.440. The van der Waals surface area contributed by atoms with Crippen LogP contribution in [0.3, 0.4) is 0 Å². The lowest BCUT2D eigenvalue weighted by molar-refractivity contribution is -0.145. The van der Waals surface area contributed by atoms with Crippen molar-refractivity contribution in [3.63, 3.8) is 0 Å². The second kappa shape index (κ2) is 7.81.